The van der Waals surface area contributed by atoms with Crippen LogP contribution in [0, 0.1) is 5.21 Å². The second kappa shape index (κ2) is 6.41. The minimum absolute atomic E-state index is 0.0589. The average Bonchev–Trinajstić information content (AvgIpc) is 2.20. The van der Waals surface area contributed by atoms with E-state index in [0.717, 1.165) is 0 Å². The highest BCUT2D eigenvalue weighted by atomic mass is 35.5. The molecule has 0 aliphatic rings. The Hall–Kier alpha value is -0.660. The maximum absolute atomic E-state index is 12.3. The monoisotopic (exact) mass is 343 g/mol. The van der Waals surface area contributed by atoms with Crippen LogP contribution in [-0.4, -0.2) is 38.3 Å². The molecule has 0 aliphatic heterocycles. The molecule has 7 nitrogen and oxygen atoms in total. The molecule has 1 aromatic carbocycles. The van der Waals surface area contributed by atoms with E-state index >= 15 is 0 Å². The molecule has 0 aliphatic carbocycles. The molecule has 0 spiro atoms. The predicted octanol–water partition coefficient (Wildman–Crippen LogP) is 2.03. The minimum atomic E-state index is -4.69. The van der Waals surface area contributed by atoms with Crippen LogP contribution in [0.1, 0.15) is 5.56 Å². The molecule has 0 amide bonds. The third-order valence-electron chi connectivity index (χ3n) is 2.36. The maximum atomic E-state index is 12.3. The van der Waals surface area contributed by atoms with E-state index in [4.69, 9.17) is 38.1 Å². The number of carboxylic acid groups (broad SMARTS) is 1. The zero-order chi connectivity index (χ0) is 15.6. The van der Waals surface area contributed by atoms with Gasteiger partial charge >= 0.3 is 13.6 Å². The van der Waals surface area contributed by atoms with Crippen LogP contribution in [0.4, 0.5) is 0 Å². The number of carboxylic acids is 1. The van der Waals surface area contributed by atoms with Gasteiger partial charge in [-0.1, -0.05) is 35.3 Å². The Morgan fingerprint density at radius 3 is 2.45 bits per heavy atom. The molecule has 1 unspecified atom stereocenters. The average molecular weight is 344 g/mol. The van der Waals surface area contributed by atoms with Crippen molar-refractivity contribution in [3.63, 3.8) is 0 Å². The molecule has 112 valence electrons. The van der Waals surface area contributed by atoms with Crippen molar-refractivity contribution in [3.05, 3.63) is 39.0 Å². The molecule has 1 aromatic rings. The van der Waals surface area contributed by atoms with E-state index in [1.807, 2.05) is 0 Å². The van der Waals surface area contributed by atoms with Gasteiger partial charge in [0, 0.05) is 5.56 Å². The number of nitrogens with zero attached hydrogens (tertiary/aromatic N) is 1. The lowest BCUT2D eigenvalue weighted by Crippen LogP contribution is -2.45. The maximum Gasteiger partial charge on any atom is 0.379 e. The first kappa shape index (κ1) is 17.4. The van der Waals surface area contributed by atoms with Gasteiger partial charge in [-0.15, -0.1) is 0 Å². The minimum Gasteiger partial charge on any atom is -0.632 e. The zero-order valence-corrected chi connectivity index (χ0v) is 12.5. The van der Waals surface area contributed by atoms with Gasteiger partial charge in [-0.2, -0.15) is 0 Å². The lowest BCUT2D eigenvalue weighted by Gasteiger charge is -2.41. The van der Waals surface area contributed by atoms with Crippen molar-refractivity contribution >= 4 is 36.8 Å². The highest BCUT2D eigenvalue weighted by Crippen LogP contribution is 2.39. The van der Waals surface area contributed by atoms with Crippen LogP contribution < -0.4 is 0 Å². The molecule has 0 saturated heterocycles. The zero-order valence-electron chi connectivity index (χ0n) is 10.1. The fraction of sp³-hybridized carbons (Fsp3) is 0.300. The summed E-state index contributed by atoms with van der Waals surface area (Å²) in [6, 6.07) is 4.43. The van der Waals surface area contributed by atoms with Crippen LogP contribution in [-0.2, 0) is 15.9 Å². The number of quaternary nitrogens is 1. The molecule has 0 saturated carbocycles. The Kier molecular flexibility index (Phi) is 5.57. The number of rotatable bonds is 6. The fourth-order valence-electron chi connectivity index (χ4n) is 1.72. The SMILES string of the molecule is O=C(O)C[N+]([O-])(Cc1cccc(Cl)c1Cl)CP(=O)(O)O. The number of halogens is 2. The van der Waals surface area contributed by atoms with Crippen LogP contribution in [0.5, 0.6) is 0 Å². The van der Waals surface area contributed by atoms with Crippen molar-refractivity contribution < 1.29 is 28.9 Å². The predicted molar refractivity (Wildman–Crippen MR) is 73.2 cm³/mol. The van der Waals surface area contributed by atoms with Crippen molar-refractivity contribution in [1.82, 2.24) is 0 Å². The summed E-state index contributed by atoms with van der Waals surface area (Å²) >= 11 is 11.7. The van der Waals surface area contributed by atoms with E-state index in [2.05, 4.69) is 0 Å². The third kappa shape index (κ3) is 5.38. The first-order valence-corrected chi connectivity index (χ1v) is 7.84. The van der Waals surface area contributed by atoms with Crippen LogP contribution in [0.25, 0.3) is 0 Å². The van der Waals surface area contributed by atoms with E-state index in [0.29, 0.717) is 0 Å². The second-order valence-electron chi connectivity index (χ2n) is 4.29. The van der Waals surface area contributed by atoms with E-state index in [-0.39, 0.29) is 15.6 Å². The molecule has 0 aromatic heterocycles. The molecule has 0 heterocycles. The van der Waals surface area contributed by atoms with Crippen LogP contribution >= 0.6 is 30.8 Å². The molecule has 1 rings (SSSR count). The number of hydrogen-bond donors (Lipinski definition) is 3. The quantitative estimate of drug-likeness (QED) is 0.413. The van der Waals surface area contributed by atoms with Crippen molar-refractivity contribution in [2.24, 2.45) is 0 Å². The van der Waals surface area contributed by atoms with Crippen molar-refractivity contribution in [2.45, 2.75) is 6.54 Å². The third-order valence-corrected chi connectivity index (χ3v) is 4.10. The van der Waals surface area contributed by atoms with Gasteiger partial charge < -0.3 is 24.7 Å². The molecule has 0 radical (unpaired) electrons. The molecule has 1 atom stereocenters. The summed E-state index contributed by atoms with van der Waals surface area (Å²) < 4.78 is 9.37. The molecule has 20 heavy (non-hydrogen) atoms. The standard InChI is InChI=1S/C10H12Cl2NO6P/c11-8-3-1-2-7(10(8)12)4-13(16,5-9(14)15)6-20(17,18)19/h1-3H,4-6H2,(H,14,15)(H2,17,18,19). The topological polar surface area (TPSA) is 118 Å². The summed E-state index contributed by atoms with van der Waals surface area (Å²) in [6.07, 6.45) is -1.15. The largest absolute Gasteiger partial charge is 0.632 e. The van der Waals surface area contributed by atoms with Gasteiger partial charge in [-0.05, 0) is 6.07 Å². The number of benzene rings is 1. The summed E-state index contributed by atoms with van der Waals surface area (Å²) in [5.74, 6) is -1.47. The van der Waals surface area contributed by atoms with Gasteiger partial charge in [0.25, 0.3) is 0 Å². The highest BCUT2D eigenvalue weighted by Gasteiger charge is 2.31. The summed E-state index contributed by atoms with van der Waals surface area (Å²) in [7, 11) is -4.69. The fourth-order valence-corrected chi connectivity index (χ4v) is 2.97. The normalized spacial score (nSPS) is 14.8. The van der Waals surface area contributed by atoms with Crippen molar-refractivity contribution in [1.29, 1.82) is 0 Å². The molecular formula is C10H12Cl2NO6P. The Bertz CT molecular complexity index is 563. The first-order chi connectivity index (χ1) is 9.02. The van der Waals surface area contributed by atoms with E-state index in [9.17, 15) is 14.6 Å². The summed E-state index contributed by atoms with van der Waals surface area (Å²) in [6.45, 7) is -1.50. The van der Waals surface area contributed by atoms with Gasteiger partial charge in [0.2, 0.25) is 0 Å². The van der Waals surface area contributed by atoms with Crippen molar-refractivity contribution in [3.8, 4) is 0 Å². The summed E-state index contributed by atoms with van der Waals surface area (Å²) in [4.78, 5) is 28.5. The van der Waals surface area contributed by atoms with E-state index < -0.39 is 37.6 Å². The van der Waals surface area contributed by atoms with Gasteiger partial charge in [0.05, 0.1) is 10.0 Å². The molecule has 10 heteroatoms. The molecule has 0 fully saturated rings. The van der Waals surface area contributed by atoms with Crippen LogP contribution in [0.15, 0.2) is 18.2 Å². The number of hydrogen-bond acceptors (Lipinski definition) is 3. The smallest absolute Gasteiger partial charge is 0.379 e. The van der Waals surface area contributed by atoms with Gasteiger partial charge in [0.15, 0.2) is 12.8 Å². The first-order valence-electron chi connectivity index (χ1n) is 5.29. The Morgan fingerprint density at radius 2 is 1.95 bits per heavy atom. The summed E-state index contributed by atoms with van der Waals surface area (Å²) in [5, 5.41) is 21.3. The van der Waals surface area contributed by atoms with Crippen LogP contribution in [0.3, 0.4) is 0 Å². The Balaban J connectivity index is 3.09. The van der Waals surface area contributed by atoms with E-state index in [1.54, 1.807) is 0 Å². The second-order valence-corrected chi connectivity index (χ2v) is 6.68. The molecular weight excluding hydrogens is 332 g/mol. The van der Waals surface area contributed by atoms with Gasteiger partial charge in [-0.3, -0.25) is 4.57 Å². The van der Waals surface area contributed by atoms with Crippen molar-refractivity contribution in [2.75, 3.05) is 12.8 Å². The Morgan fingerprint density at radius 1 is 1.35 bits per heavy atom. The number of aliphatic carboxylic acids is 1. The van der Waals surface area contributed by atoms with Crippen LogP contribution in [0.2, 0.25) is 10.0 Å². The molecule has 0 bridgehead atoms. The highest BCUT2D eigenvalue weighted by molar-refractivity contribution is 7.51. The van der Waals surface area contributed by atoms with Gasteiger partial charge in [0.1, 0.15) is 6.54 Å². The van der Waals surface area contributed by atoms with E-state index in [1.165, 1.54) is 18.2 Å². The summed E-state index contributed by atoms with van der Waals surface area (Å²) in [5.41, 5.74) is 0.226. The number of hydroxylamine groups is 3. The van der Waals surface area contributed by atoms with Gasteiger partial charge in [-0.25, -0.2) is 4.79 Å². The number of carbonyl (C=O) groups is 1. The Labute approximate surface area is 124 Å². The molecule has 3 N–H and O–H groups in total. The lowest BCUT2D eigenvalue weighted by atomic mass is 10.2. The lowest BCUT2D eigenvalue weighted by molar-refractivity contribution is -0.876.